The Balaban J connectivity index is 2.30. The van der Waals surface area contributed by atoms with Crippen molar-refractivity contribution in [3.8, 4) is 0 Å². The molecule has 100 valence electrons. The number of piperidine rings is 1. The summed E-state index contributed by atoms with van der Waals surface area (Å²) in [6.07, 6.45) is 2.52. The maximum atomic E-state index is 11.8. The summed E-state index contributed by atoms with van der Waals surface area (Å²) in [4.78, 5) is 14.1. The Morgan fingerprint density at radius 1 is 1.41 bits per heavy atom. The first kappa shape index (κ1) is 14.5. The van der Waals surface area contributed by atoms with Gasteiger partial charge >= 0.3 is 0 Å². The molecule has 1 fully saturated rings. The summed E-state index contributed by atoms with van der Waals surface area (Å²) in [5.41, 5.74) is 6.00. The molecule has 1 atom stereocenters. The van der Waals surface area contributed by atoms with Crippen LogP contribution in [0.2, 0.25) is 0 Å². The smallest absolute Gasteiger partial charge is 0.221 e. The standard InChI is InChI=1S/C13H27N3O/c1-13(2,3)11(14)9-12(17)15-10-5-7-16(4)8-6-10/h10-11H,5-9,14H2,1-4H3,(H,15,17). The van der Waals surface area contributed by atoms with E-state index in [1.165, 1.54) is 0 Å². The van der Waals surface area contributed by atoms with Crippen LogP contribution in [0, 0.1) is 5.41 Å². The number of nitrogens with two attached hydrogens (primary N) is 1. The van der Waals surface area contributed by atoms with Crippen LogP contribution >= 0.6 is 0 Å². The molecule has 1 saturated heterocycles. The van der Waals surface area contributed by atoms with E-state index in [-0.39, 0.29) is 17.4 Å². The fourth-order valence-electron chi connectivity index (χ4n) is 1.95. The molecular weight excluding hydrogens is 214 g/mol. The molecule has 0 aliphatic carbocycles. The Labute approximate surface area is 105 Å². The van der Waals surface area contributed by atoms with Crippen LogP contribution in [0.4, 0.5) is 0 Å². The molecule has 0 saturated carbocycles. The second-order valence-corrected chi connectivity index (χ2v) is 6.32. The van der Waals surface area contributed by atoms with Crippen molar-refractivity contribution in [2.45, 2.75) is 52.1 Å². The number of hydrogen-bond acceptors (Lipinski definition) is 3. The van der Waals surface area contributed by atoms with Crippen LogP contribution in [0.5, 0.6) is 0 Å². The highest BCUT2D eigenvalue weighted by Gasteiger charge is 2.25. The van der Waals surface area contributed by atoms with Gasteiger partial charge in [0.25, 0.3) is 0 Å². The van der Waals surface area contributed by atoms with E-state index in [1.54, 1.807) is 0 Å². The minimum Gasteiger partial charge on any atom is -0.353 e. The summed E-state index contributed by atoms with van der Waals surface area (Å²) in [7, 11) is 2.12. The lowest BCUT2D eigenvalue weighted by Gasteiger charge is -2.31. The van der Waals surface area contributed by atoms with E-state index in [4.69, 9.17) is 5.73 Å². The monoisotopic (exact) mass is 241 g/mol. The summed E-state index contributed by atoms with van der Waals surface area (Å²) in [5.74, 6) is 0.0991. The van der Waals surface area contributed by atoms with Crippen LogP contribution in [0.3, 0.4) is 0 Å². The average molecular weight is 241 g/mol. The summed E-state index contributed by atoms with van der Waals surface area (Å²) in [6.45, 7) is 8.34. The molecule has 4 nitrogen and oxygen atoms in total. The second kappa shape index (κ2) is 5.83. The van der Waals surface area contributed by atoms with E-state index in [0.717, 1.165) is 25.9 Å². The maximum Gasteiger partial charge on any atom is 0.221 e. The normalized spacial score (nSPS) is 21.2. The van der Waals surface area contributed by atoms with Crippen LogP contribution in [0.15, 0.2) is 0 Å². The van der Waals surface area contributed by atoms with Gasteiger partial charge in [0.15, 0.2) is 0 Å². The van der Waals surface area contributed by atoms with Crippen molar-refractivity contribution in [2.75, 3.05) is 20.1 Å². The first-order valence-electron chi connectivity index (χ1n) is 6.52. The largest absolute Gasteiger partial charge is 0.353 e. The van der Waals surface area contributed by atoms with Gasteiger partial charge in [0.05, 0.1) is 0 Å². The summed E-state index contributed by atoms with van der Waals surface area (Å²) in [6, 6.07) is 0.264. The maximum absolute atomic E-state index is 11.8. The topological polar surface area (TPSA) is 58.4 Å². The van der Waals surface area contributed by atoms with Gasteiger partial charge < -0.3 is 16.0 Å². The number of amides is 1. The van der Waals surface area contributed by atoms with Gasteiger partial charge in [0, 0.05) is 18.5 Å². The lowest BCUT2D eigenvalue weighted by atomic mass is 9.85. The van der Waals surface area contributed by atoms with Crippen molar-refractivity contribution >= 4 is 5.91 Å². The molecule has 17 heavy (non-hydrogen) atoms. The molecule has 4 heteroatoms. The molecule has 0 aromatic carbocycles. The van der Waals surface area contributed by atoms with Crippen LogP contribution < -0.4 is 11.1 Å². The molecule has 1 aliphatic heterocycles. The number of hydrogen-bond donors (Lipinski definition) is 2. The van der Waals surface area contributed by atoms with E-state index in [9.17, 15) is 4.79 Å². The zero-order valence-electron chi connectivity index (χ0n) is 11.6. The average Bonchev–Trinajstić information content (AvgIpc) is 2.20. The van der Waals surface area contributed by atoms with Crippen LogP contribution in [0.1, 0.15) is 40.0 Å². The first-order valence-corrected chi connectivity index (χ1v) is 6.52. The van der Waals surface area contributed by atoms with Crippen LogP contribution in [-0.4, -0.2) is 43.0 Å². The SMILES string of the molecule is CN1CCC(NC(=O)CC(N)C(C)(C)C)CC1. The van der Waals surface area contributed by atoms with Gasteiger partial charge in [-0.1, -0.05) is 20.8 Å². The van der Waals surface area contributed by atoms with Crippen molar-refractivity contribution in [3.63, 3.8) is 0 Å². The third-order valence-electron chi connectivity index (χ3n) is 3.60. The minimum absolute atomic E-state index is 0.00980. The highest BCUT2D eigenvalue weighted by molar-refractivity contribution is 5.77. The lowest BCUT2D eigenvalue weighted by molar-refractivity contribution is -0.122. The number of rotatable bonds is 3. The number of nitrogens with one attached hydrogen (secondary N) is 1. The predicted molar refractivity (Wildman–Crippen MR) is 70.7 cm³/mol. The molecule has 1 unspecified atom stereocenters. The summed E-state index contributed by atoms with van der Waals surface area (Å²) in [5, 5.41) is 3.10. The number of carbonyl (C=O) groups excluding carboxylic acids is 1. The van der Waals surface area contributed by atoms with Crippen molar-refractivity contribution in [1.82, 2.24) is 10.2 Å². The van der Waals surface area contributed by atoms with Crippen molar-refractivity contribution < 1.29 is 4.79 Å². The van der Waals surface area contributed by atoms with E-state index in [1.807, 2.05) is 0 Å². The fourth-order valence-corrected chi connectivity index (χ4v) is 1.95. The first-order chi connectivity index (χ1) is 7.79. The van der Waals surface area contributed by atoms with Gasteiger partial charge in [-0.15, -0.1) is 0 Å². The van der Waals surface area contributed by atoms with E-state index >= 15 is 0 Å². The Morgan fingerprint density at radius 2 is 1.94 bits per heavy atom. The van der Waals surface area contributed by atoms with Crippen molar-refractivity contribution in [2.24, 2.45) is 11.1 Å². The van der Waals surface area contributed by atoms with Crippen molar-refractivity contribution in [1.29, 1.82) is 0 Å². The molecule has 1 aliphatic rings. The zero-order chi connectivity index (χ0) is 13.1. The summed E-state index contributed by atoms with van der Waals surface area (Å²) >= 11 is 0. The minimum atomic E-state index is -0.0752. The third kappa shape index (κ3) is 5.04. The van der Waals surface area contributed by atoms with Gasteiger partial charge in [0.2, 0.25) is 5.91 Å². The van der Waals surface area contributed by atoms with E-state index in [2.05, 4.69) is 38.0 Å². The molecule has 1 amide bonds. The molecule has 0 spiro atoms. The van der Waals surface area contributed by atoms with Gasteiger partial charge in [-0.3, -0.25) is 4.79 Å². The molecule has 0 radical (unpaired) electrons. The molecule has 3 N–H and O–H groups in total. The van der Waals surface area contributed by atoms with Gasteiger partial charge in [0.1, 0.15) is 0 Å². The lowest BCUT2D eigenvalue weighted by Crippen LogP contribution is -2.46. The van der Waals surface area contributed by atoms with Gasteiger partial charge in [-0.05, 0) is 38.4 Å². The fraction of sp³-hybridized carbons (Fsp3) is 0.923. The molecule has 1 heterocycles. The third-order valence-corrected chi connectivity index (χ3v) is 3.60. The Hall–Kier alpha value is -0.610. The number of likely N-dealkylation sites (tertiary alicyclic amines) is 1. The van der Waals surface area contributed by atoms with Crippen LogP contribution in [0.25, 0.3) is 0 Å². The van der Waals surface area contributed by atoms with E-state index < -0.39 is 0 Å². The molecule has 1 rings (SSSR count). The van der Waals surface area contributed by atoms with Gasteiger partial charge in [-0.2, -0.15) is 0 Å². The molecular formula is C13H27N3O. The molecule has 0 aromatic rings. The predicted octanol–water partition coefficient (Wildman–Crippen LogP) is 0.960. The zero-order valence-corrected chi connectivity index (χ0v) is 11.6. The van der Waals surface area contributed by atoms with E-state index in [0.29, 0.717) is 12.5 Å². The van der Waals surface area contributed by atoms with Gasteiger partial charge in [-0.25, -0.2) is 0 Å². The van der Waals surface area contributed by atoms with Crippen molar-refractivity contribution in [3.05, 3.63) is 0 Å². The Morgan fingerprint density at radius 3 is 2.41 bits per heavy atom. The Bertz CT molecular complexity index is 252. The highest BCUT2D eigenvalue weighted by Crippen LogP contribution is 2.19. The van der Waals surface area contributed by atoms with Crippen LogP contribution in [-0.2, 0) is 4.79 Å². The highest BCUT2D eigenvalue weighted by atomic mass is 16.1. The molecule has 0 aromatic heterocycles. The number of nitrogens with zero attached hydrogens (tertiary/aromatic N) is 1. The number of carbonyl (C=O) groups is 1. The quantitative estimate of drug-likeness (QED) is 0.774. The Kier molecular flexibility index (Phi) is 4.95. The second-order valence-electron chi connectivity index (χ2n) is 6.32. The molecule has 0 bridgehead atoms. The summed E-state index contributed by atoms with van der Waals surface area (Å²) < 4.78 is 0.